The Kier molecular flexibility index (Phi) is 6.31. The third kappa shape index (κ3) is 3.69. The van der Waals surface area contributed by atoms with Crippen LogP contribution in [0.3, 0.4) is 0 Å². The van der Waals surface area contributed by atoms with Crippen molar-refractivity contribution in [1.29, 1.82) is 0 Å². The van der Waals surface area contributed by atoms with Crippen molar-refractivity contribution in [2.24, 2.45) is 0 Å². The number of nitrogens with zero attached hydrogens (tertiary/aromatic N) is 1. The Balaban J connectivity index is 0.00000210. The number of aliphatic hydroxyl groups is 1. The zero-order valence-corrected chi connectivity index (χ0v) is 17.7. The van der Waals surface area contributed by atoms with Crippen LogP contribution in [-0.4, -0.2) is 66.2 Å². The first kappa shape index (κ1) is 20.8. The Morgan fingerprint density at radius 3 is 2.44 bits per heavy atom. The van der Waals surface area contributed by atoms with E-state index in [1.165, 1.54) is 19.4 Å². The number of aliphatic hydroxyl groups excluding tert-OH is 1. The number of halogens is 1. The molecular formula is C21H30BrNO4. The summed E-state index contributed by atoms with van der Waals surface area (Å²) in [6, 6.07) is 10.3. The Morgan fingerprint density at radius 1 is 1.26 bits per heavy atom. The first-order chi connectivity index (χ1) is 12.6. The topological polar surface area (TPSA) is 59.1 Å². The molecule has 3 saturated heterocycles. The van der Waals surface area contributed by atoms with Gasteiger partial charge in [0.2, 0.25) is 0 Å². The van der Waals surface area contributed by atoms with Gasteiger partial charge in [0.05, 0.1) is 20.2 Å². The summed E-state index contributed by atoms with van der Waals surface area (Å²) in [6.07, 6.45) is 4.83. The van der Waals surface area contributed by atoms with Crippen molar-refractivity contribution in [3.63, 3.8) is 0 Å². The average molecular weight is 440 g/mol. The molecule has 1 aromatic rings. The standard InChI is InChI=1S/C21H30NO4.BrH/c1-3-4-10-22(2)17-11-15(12-18(22)20-19(17)26-20)25-21(24)16(13-23)14-8-6-5-7-9-14;/h5-9,15-20,23H,3-4,10-13H2,1-2H3;1H/q+1;/p-1/t15?,16-,17-,18+,19-,20-,22?;/m1./s1. The van der Waals surface area contributed by atoms with E-state index in [2.05, 4.69) is 14.0 Å². The summed E-state index contributed by atoms with van der Waals surface area (Å²) >= 11 is 0. The van der Waals surface area contributed by atoms with Gasteiger partial charge in [-0.15, -0.1) is 0 Å². The van der Waals surface area contributed by atoms with Gasteiger partial charge < -0.3 is 36.0 Å². The van der Waals surface area contributed by atoms with Crippen LogP contribution >= 0.6 is 0 Å². The molecule has 3 fully saturated rings. The molecule has 0 amide bonds. The number of rotatable bonds is 7. The van der Waals surface area contributed by atoms with E-state index in [1.54, 1.807) is 0 Å². The molecule has 2 unspecified atom stereocenters. The molecule has 2 bridgehead atoms. The van der Waals surface area contributed by atoms with Gasteiger partial charge in [-0.3, -0.25) is 4.79 Å². The molecule has 0 saturated carbocycles. The number of hydrogen-bond donors (Lipinski definition) is 1. The number of piperidine rings is 1. The van der Waals surface area contributed by atoms with Crippen molar-refractivity contribution in [3.05, 3.63) is 35.9 Å². The highest BCUT2D eigenvalue weighted by molar-refractivity contribution is 5.78. The molecule has 6 heteroatoms. The first-order valence-corrected chi connectivity index (χ1v) is 9.95. The number of fused-ring (bicyclic) bond motifs is 5. The molecule has 0 spiro atoms. The van der Waals surface area contributed by atoms with Crippen molar-refractivity contribution < 1.29 is 40.8 Å². The van der Waals surface area contributed by atoms with E-state index in [0.29, 0.717) is 24.3 Å². The minimum absolute atomic E-state index is 0. The van der Waals surface area contributed by atoms with Crippen LogP contribution < -0.4 is 17.0 Å². The largest absolute Gasteiger partial charge is 1.00 e. The molecule has 0 aliphatic carbocycles. The summed E-state index contributed by atoms with van der Waals surface area (Å²) < 4.78 is 12.9. The molecule has 3 aliphatic heterocycles. The van der Waals surface area contributed by atoms with Crippen LogP contribution in [0.25, 0.3) is 0 Å². The van der Waals surface area contributed by atoms with E-state index in [0.717, 1.165) is 22.9 Å². The van der Waals surface area contributed by atoms with Crippen molar-refractivity contribution in [2.75, 3.05) is 20.2 Å². The second-order valence-electron chi connectivity index (χ2n) is 8.30. The van der Waals surface area contributed by atoms with Gasteiger partial charge in [0.25, 0.3) is 0 Å². The lowest BCUT2D eigenvalue weighted by molar-refractivity contribution is -0.956. The zero-order valence-electron chi connectivity index (χ0n) is 16.1. The van der Waals surface area contributed by atoms with Gasteiger partial charge in [-0.05, 0) is 12.0 Å². The van der Waals surface area contributed by atoms with Gasteiger partial charge in [0.1, 0.15) is 36.3 Å². The van der Waals surface area contributed by atoms with Gasteiger partial charge in [-0.25, -0.2) is 0 Å². The maximum atomic E-state index is 12.7. The number of hydrogen-bond acceptors (Lipinski definition) is 4. The molecule has 5 nitrogen and oxygen atoms in total. The lowest BCUT2D eigenvalue weighted by atomic mass is 9.94. The molecule has 27 heavy (non-hydrogen) atoms. The predicted molar refractivity (Wildman–Crippen MR) is 97.6 cm³/mol. The maximum Gasteiger partial charge on any atom is 0.316 e. The average Bonchev–Trinajstić information content (AvgIpc) is 3.40. The van der Waals surface area contributed by atoms with Crippen molar-refractivity contribution in [1.82, 2.24) is 0 Å². The minimum atomic E-state index is -0.595. The van der Waals surface area contributed by atoms with E-state index < -0.39 is 5.92 Å². The van der Waals surface area contributed by atoms with E-state index in [9.17, 15) is 9.90 Å². The van der Waals surface area contributed by atoms with Crippen molar-refractivity contribution in [2.45, 2.75) is 68.9 Å². The second-order valence-corrected chi connectivity index (χ2v) is 8.30. The molecule has 3 heterocycles. The number of unbranched alkanes of at least 4 members (excludes halogenated alkanes) is 1. The van der Waals surface area contributed by atoms with Gasteiger partial charge in [0, 0.05) is 12.8 Å². The maximum absolute atomic E-state index is 12.7. The van der Waals surface area contributed by atoms with Crippen LogP contribution in [-0.2, 0) is 14.3 Å². The van der Waals surface area contributed by atoms with E-state index in [-0.39, 0.29) is 35.7 Å². The lowest BCUT2D eigenvalue weighted by Crippen LogP contribution is -3.00. The highest BCUT2D eigenvalue weighted by Gasteiger charge is 2.71. The summed E-state index contributed by atoms with van der Waals surface area (Å²) in [5.74, 6) is -0.898. The van der Waals surface area contributed by atoms with E-state index >= 15 is 0 Å². The minimum Gasteiger partial charge on any atom is -1.00 e. The highest BCUT2D eigenvalue weighted by atomic mass is 79.9. The number of ether oxygens (including phenoxy) is 2. The lowest BCUT2D eigenvalue weighted by Gasteiger charge is -2.48. The van der Waals surface area contributed by atoms with Gasteiger partial charge in [-0.2, -0.15) is 0 Å². The third-order valence-electron chi connectivity index (χ3n) is 6.79. The molecular weight excluding hydrogens is 410 g/mol. The number of likely N-dealkylation sites (N-methyl/N-ethyl adjacent to an activating group) is 1. The van der Waals surface area contributed by atoms with Crippen LogP contribution in [0.2, 0.25) is 0 Å². The Bertz CT molecular complexity index is 637. The predicted octanol–water partition coefficient (Wildman–Crippen LogP) is -0.763. The number of carbonyl (C=O) groups excluding carboxylic acids is 1. The van der Waals surface area contributed by atoms with Crippen LogP contribution in [0, 0.1) is 0 Å². The fourth-order valence-electron chi connectivity index (χ4n) is 5.23. The Hall–Kier alpha value is -0.950. The summed E-state index contributed by atoms with van der Waals surface area (Å²) in [5.41, 5.74) is 0.813. The second kappa shape index (κ2) is 8.19. The highest BCUT2D eigenvalue weighted by Crippen LogP contribution is 2.52. The molecule has 1 N–H and O–H groups in total. The van der Waals surface area contributed by atoms with Crippen molar-refractivity contribution in [3.8, 4) is 0 Å². The summed E-state index contributed by atoms with van der Waals surface area (Å²) in [7, 11) is 2.36. The molecule has 0 radical (unpaired) electrons. The smallest absolute Gasteiger partial charge is 0.316 e. The summed E-state index contributed by atoms with van der Waals surface area (Å²) in [6.45, 7) is 3.20. The number of esters is 1. The van der Waals surface area contributed by atoms with Crippen LogP contribution in [0.1, 0.15) is 44.1 Å². The SMILES string of the molecule is CCCC[N+]1(C)[C@@H]2CC(OC(=O)[C@H](CO)c3ccccc3)C[C@H]1[C@H]1O[C@@H]12.[Br-]. The molecule has 7 atom stereocenters. The van der Waals surface area contributed by atoms with E-state index in [4.69, 9.17) is 9.47 Å². The summed E-state index contributed by atoms with van der Waals surface area (Å²) in [5, 5.41) is 9.70. The number of epoxide rings is 1. The molecule has 3 aliphatic rings. The van der Waals surface area contributed by atoms with Crippen LogP contribution in [0.15, 0.2) is 30.3 Å². The number of quaternary nitrogens is 1. The van der Waals surface area contributed by atoms with Crippen molar-refractivity contribution >= 4 is 5.97 Å². The normalized spacial score (nSPS) is 37.1. The molecule has 1 aromatic carbocycles. The quantitative estimate of drug-likeness (QED) is 0.344. The molecule has 0 aromatic heterocycles. The fraction of sp³-hybridized carbons (Fsp3) is 0.667. The van der Waals surface area contributed by atoms with E-state index in [1.807, 2.05) is 30.3 Å². The van der Waals surface area contributed by atoms with Crippen LogP contribution in [0.5, 0.6) is 0 Å². The number of benzene rings is 1. The van der Waals surface area contributed by atoms with Gasteiger partial charge in [-0.1, -0.05) is 43.7 Å². The number of morpholine rings is 1. The monoisotopic (exact) mass is 439 g/mol. The van der Waals surface area contributed by atoms with Gasteiger partial charge >= 0.3 is 5.97 Å². The fourth-order valence-corrected chi connectivity index (χ4v) is 5.23. The first-order valence-electron chi connectivity index (χ1n) is 9.95. The van der Waals surface area contributed by atoms with Crippen LogP contribution in [0.4, 0.5) is 0 Å². The molecule has 4 rings (SSSR count). The number of carbonyl (C=O) groups is 1. The Morgan fingerprint density at radius 2 is 1.89 bits per heavy atom. The van der Waals surface area contributed by atoms with Gasteiger partial charge in [0.15, 0.2) is 0 Å². The third-order valence-corrected chi connectivity index (χ3v) is 6.79. The Labute approximate surface area is 172 Å². The molecule has 150 valence electrons. The zero-order chi connectivity index (χ0) is 18.3. The summed E-state index contributed by atoms with van der Waals surface area (Å²) in [4.78, 5) is 12.7.